The summed E-state index contributed by atoms with van der Waals surface area (Å²) in [5.41, 5.74) is 7.52. The molecule has 0 bridgehead atoms. The van der Waals surface area contributed by atoms with Gasteiger partial charge in [-0.3, -0.25) is 0 Å². The average Bonchev–Trinajstić information content (AvgIpc) is 2.84. The summed E-state index contributed by atoms with van der Waals surface area (Å²) in [6.07, 6.45) is 5.77. The van der Waals surface area contributed by atoms with Crippen molar-refractivity contribution in [2.45, 2.75) is 71.9 Å². The number of nitrogens with two attached hydrogens (primary N) is 1. The molecule has 20 heavy (non-hydrogen) atoms. The van der Waals surface area contributed by atoms with E-state index in [1.807, 2.05) is 11.3 Å². The highest BCUT2D eigenvalue weighted by Crippen LogP contribution is 2.37. The Morgan fingerprint density at radius 3 is 2.60 bits per heavy atom. The van der Waals surface area contributed by atoms with E-state index in [2.05, 4.69) is 32.6 Å². The second kappa shape index (κ2) is 6.90. The van der Waals surface area contributed by atoms with Gasteiger partial charge in [-0.25, -0.2) is 4.98 Å². The third kappa shape index (κ3) is 3.34. The number of nitrogens with zero attached hydrogens (tertiary/aromatic N) is 2. The summed E-state index contributed by atoms with van der Waals surface area (Å²) in [6, 6.07) is 0.814. The molecule has 4 heteroatoms. The quantitative estimate of drug-likeness (QED) is 0.858. The van der Waals surface area contributed by atoms with Gasteiger partial charge >= 0.3 is 0 Å². The highest BCUT2D eigenvalue weighted by molar-refractivity contribution is 7.15. The van der Waals surface area contributed by atoms with Crippen molar-refractivity contribution in [1.29, 1.82) is 0 Å². The van der Waals surface area contributed by atoms with Gasteiger partial charge in [0.05, 0.1) is 5.69 Å². The number of fused-ring (bicyclic) bond motifs is 1. The molecule has 0 aliphatic heterocycles. The fourth-order valence-electron chi connectivity index (χ4n) is 3.07. The van der Waals surface area contributed by atoms with Crippen molar-refractivity contribution < 1.29 is 0 Å². The van der Waals surface area contributed by atoms with E-state index in [1.165, 1.54) is 35.0 Å². The topological polar surface area (TPSA) is 42.2 Å². The van der Waals surface area contributed by atoms with E-state index in [1.54, 1.807) is 0 Å². The van der Waals surface area contributed by atoms with Crippen LogP contribution in [0.5, 0.6) is 0 Å². The third-order valence-corrected chi connectivity index (χ3v) is 5.44. The molecule has 0 saturated heterocycles. The Morgan fingerprint density at radius 1 is 1.35 bits per heavy atom. The van der Waals surface area contributed by atoms with Crippen LogP contribution in [0.15, 0.2) is 0 Å². The SMILES string of the molecule is CCC(CC)N(CC(C)C)c1nc2c(s1)C(N)CCC2. The molecule has 1 aromatic heterocycles. The van der Waals surface area contributed by atoms with Crippen LogP contribution in [0.2, 0.25) is 0 Å². The Labute approximate surface area is 127 Å². The molecule has 0 spiro atoms. The number of rotatable bonds is 6. The molecule has 2 rings (SSSR count). The summed E-state index contributed by atoms with van der Waals surface area (Å²) in [4.78, 5) is 8.80. The van der Waals surface area contributed by atoms with Crippen LogP contribution in [0.4, 0.5) is 5.13 Å². The van der Waals surface area contributed by atoms with Crippen molar-refractivity contribution in [1.82, 2.24) is 4.98 Å². The molecule has 2 N–H and O–H groups in total. The molecule has 114 valence electrons. The molecule has 0 aromatic carbocycles. The zero-order chi connectivity index (χ0) is 14.7. The summed E-state index contributed by atoms with van der Waals surface area (Å²) in [6.45, 7) is 10.2. The lowest BCUT2D eigenvalue weighted by Gasteiger charge is -2.31. The van der Waals surface area contributed by atoms with Crippen molar-refractivity contribution in [3.8, 4) is 0 Å². The van der Waals surface area contributed by atoms with Crippen molar-refractivity contribution in [3.05, 3.63) is 10.6 Å². The molecule has 0 radical (unpaired) electrons. The van der Waals surface area contributed by atoms with E-state index in [9.17, 15) is 0 Å². The summed E-state index contributed by atoms with van der Waals surface area (Å²) in [7, 11) is 0. The monoisotopic (exact) mass is 295 g/mol. The second-order valence-electron chi connectivity index (χ2n) is 6.32. The molecular formula is C16H29N3S. The first kappa shape index (κ1) is 15.8. The molecule has 0 amide bonds. The van der Waals surface area contributed by atoms with Gasteiger partial charge in [0.25, 0.3) is 0 Å². The largest absolute Gasteiger partial charge is 0.345 e. The third-order valence-electron chi connectivity index (χ3n) is 4.17. The average molecular weight is 295 g/mol. The summed E-state index contributed by atoms with van der Waals surface area (Å²) in [5, 5.41) is 1.20. The summed E-state index contributed by atoms with van der Waals surface area (Å²) in [5.74, 6) is 0.658. The van der Waals surface area contributed by atoms with Crippen molar-refractivity contribution >= 4 is 16.5 Å². The number of aromatic nitrogens is 1. The number of aryl methyl sites for hydroxylation is 1. The first-order chi connectivity index (χ1) is 9.56. The van der Waals surface area contributed by atoms with Crippen LogP contribution in [0.25, 0.3) is 0 Å². The number of anilines is 1. The van der Waals surface area contributed by atoms with Crippen LogP contribution in [-0.4, -0.2) is 17.6 Å². The van der Waals surface area contributed by atoms with Gasteiger partial charge in [0, 0.05) is 23.5 Å². The lowest BCUT2D eigenvalue weighted by atomic mass is 9.99. The van der Waals surface area contributed by atoms with Gasteiger partial charge in [-0.1, -0.05) is 39.0 Å². The van der Waals surface area contributed by atoms with E-state index in [4.69, 9.17) is 10.7 Å². The Hall–Kier alpha value is -0.610. The van der Waals surface area contributed by atoms with E-state index in [-0.39, 0.29) is 6.04 Å². The summed E-state index contributed by atoms with van der Waals surface area (Å²) < 4.78 is 0. The standard InChI is InChI=1S/C16H29N3S/c1-5-12(6-2)19(10-11(3)4)16-18-14-9-7-8-13(17)15(14)20-16/h11-13H,5-10,17H2,1-4H3. The normalized spacial score (nSPS) is 18.6. The maximum Gasteiger partial charge on any atom is 0.186 e. The maximum absolute atomic E-state index is 6.25. The minimum atomic E-state index is 0.215. The number of thiazole rings is 1. The van der Waals surface area contributed by atoms with Crippen LogP contribution in [-0.2, 0) is 6.42 Å². The number of hydrogen-bond donors (Lipinski definition) is 1. The number of hydrogen-bond acceptors (Lipinski definition) is 4. The van der Waals surface area contributed by atoms with E-state index in [0.29, 0.717) is 12.0 Å². The van der Waals surface area contributed by atoms with Crippen LogP contribution in [0, 0.1) is 5.92 Å². The van der Waals surface area contributed by atoms with Gasteiger partial charge in [-0.2, -0.15) is 0 Å². The molecule has 1 aliphatic carbocycles. The highest BCUT2D eigenvalue weighted by Gasteiger charge is 2.26. The van der Waals surface area contributed by atoms with Gasteiger partial charge in [0.1, 0.15) is 0 Å². The van der Waals surface area contributed by atoms with E-state index >= 15 is 0 Å². The van der Waals surface area contributed by atoms with Gasteiger partial charge in [0.2, 0.25) is 0 Å². The van der Waals surface area contributed by atoms with E-state index < -0.39 is 0 Å². The second-order valence-corrected chi connectivity index (χ2v) is 7.33. The van der Waals surface area contributed by atoms with Gasteiger partial charge < -0.3 is 10.6 Å². The minimum absolute atomic E-state index is 0.215. The molecule has 1 aromatic rings. The first-order valence-electron chi connectivity index (χ1n) is 8.08. The molecule has 1 heterocycles. The highest BCUT2D eigenvalue weighted by atomic mass is 32.1. The van der Waals surface area contributed by atoms with Crippen molar-refractivity contribution in [2.24, 2.45) is 11.7 Å². The molecule has 3 nitrogen and oxygen atoms in total. The molecule has 0 saturated carbocycles. The van der Waals surface area contributed by atoms with Crippen molar-refractivity contribution in [2.75, 3.05) is 11.4 Å². The first-order valence-corrected chi connectivity index (χ1v) is 8.90. The van der Waals surface area contributed by atoms with Gasteiger partial charge in [-0.05, 0) is 38.0 Å². The maximum atomic E-state index is 6.25. The van der Waals surface area contributed by atoms with Gasteiger partial charge in [-0.15, -0.1) is 0 Å². The van der Waals surface area contributed by atoms with Crippen LogP contribution >= 0.6 is 11.3 Å². The molecule has 1 aliphatic rings. The van der Waals surface area contributed by atoms with Crippen LogP contribution < -0.4 is 10.6 Å². The summed E-state index contributed by atoms with van der Waals surface area (Å²) >= 11 is 1.84. The Balaban J connectivity index is 2.28. The Bertz CT molecular complexity index is 423. The van der Waals surface area contributed by atoms with Gasteiger partial charge in [0.15, 0.2) is 5.13 Å². The zero-order valence-corrected chi connectivity index (χ0v) is 14.2. The Morgan fingerprint density at radius 2 is 2.05 bits per heavy atom. The molecule has 0 fully saturated rings. The lowest BCUT2D eigenvalue weighted by Crippen LogP contribution is -2.37. The molecule has 1 unspecified atom stereocenters. The Kier molecular flexibility index (Phi) is 5.44. The zero-order valence-electron chi connectivity index (χ0n) is 13.4. The smallest absolute Gasteiger partial charge is 0.186 e. The lowest BCUT2D eigenvalue weighted by molar-refractivity contribution is 0.506. The predicted octanol–water partition coefficient (Wildman–Crippen LogP) is 4.13. The van der Waals surface area contributed by atoms with Crippen LogP contribution in [0.1, 0.15) is 70.0 Å². The predicted molar refractivity (Wildman–Crippen MR) is 88.5 cm³/mol. The van der Waals surface area contributed by atoms with E-state index in [0.717, 1.165) is 19.4 Å². The fraction of sp³-hybridized carbons (Fsp3) is 0.812. The van der Waals surface area contributed by atoms with Crippen LogP contribution in [0.3, 0.4) is 0 Å². The van der Waals surface area contributed by atoms with Crippen molar-refractivity contribution in [3.63, 3.8) is 0 Å². The molecular weight excluding hydrogens is 266 g/mol. The minimum Gasteiger partial charge on any atom is -0.345 e. The fourth-order valence-corrected chi connectivity index (χ4v) is 4.30. The molecule has 1 atom stereocenters.